The van der Waals surface area contributed by atoms with Gasteiger partial charge in [-0.05, 0) is 32.2 Å². The number of halogens is 1. The Bertz CT molecular complexity index is 587. The molecule has 0 aliphatic rings. The summed E-state index contributed by atoms with van der Waals surface area (Å²) in [6, 6.07) is 6.03. The number of nitrogens with zero attached hydrogens (tertiary/aromatic N) is 1. The number of rotatable bonds is 3. The molecule has 0 bridgehead atoms. The summed E-state index contributed by atoms with van der Waals surface area (Å²) in [5, 5.41) is 3.92. The fraction of sp³-hybridized carbons (Fsp3) is 0.308. The minimum atomic E-state index is 0.133. The van der Waals surface area contributed by atoms with Crippen molar-refractivity contribution in [3.8, 4) is 0 Å². The molecule has 0 saturated heterocycles. The van der Waals surface area contributed by atoms with E-state index in [-0.39, 0.29) is 5.78 Å². The Morgan fingerprint density at radius 1 is 1.47 bits per heavy atom. The lowest BCUT2D eigenvalue weighted by Crippen LogP contribution is -2.19. The molecule has 0 amide bonds. The van der Waals surface area contributed by atoms with Gasteiger partial charge in [-0.25, -0.2) is 0 Å². The van der Waals surface area contributed by atoms with Crippen LogP contribution in [0.1, 0.15) is 16.1 Å². The van der Waals surface area contributed by atoms with E-state index >= 15 is 0 Å². The third-order valence-electron chi connectivity index (χ3n) is 3.07. The Balaban J connectivity index is 2.72. The number of likely N-dealkylation sites (N-methyl/N-ethyl adjacent to an activating group) is 1. The van der Waals surface area contributed by atoms with E-state index in [1.807, 2.05) is 32.2 Å². The van der Waals surface area contributed by atoms with Gasteiger partial charge in [-0.1, -0.05) is 15.9 Å². The summed E-state index contributed by atoms with van der Waals surface area (Å²) in [5.41, 5.74) is 2.92. The molecule has 4 heteroatoms. The van der Waals surface area contributed by atoms with Crippen LogP contribution in [0.15, 0.2) is 22.7 Å². The summed E-state index contributed by atoms with van der Waals surface area (Å²) in [6.45, 7) is 2.35. The first-order valence-electron chi connectivity index (χ1n) is 5.48. The zero-order valence-electron chi connectivity index (χ0n) is 10.2. The SMILES string of the molecule is CNCC(=O)c1c(C)n(C)c2ccc(Br)cc12. The molecule has 2 rings (SSSR count). The molecule has 0 radical (unpaired) electrons. The molecule has 1 heterocycles. The average molecular weight is 295 g/mol. The van der Waals surface area contributed by atoms with Crippen molar-refractivity contribution in [1.82, 2.24) is 9.88 Å². The van der Waals surface area contributed by atoms with Crippen LogP contribution in [0.3, 0.4) is 0 Å². The van der Waals surface area contributed by atoms with Crippen LogP contribution in [-0.2, 0) is 7.05 Å². The minimum Gasteiger partial charge on any atom is -0.347 e. The van der Waals surface area contributed by atoms with Gasteiger partial charge in [0.1, 0.15) is 0 Å². The molecule has 0 fully saturated rings. The van der Waals surface area contributed by atoms with E-state index in [1.54, 1.807) is 7.05 Å². The maximum absolute atomic E-state index is 12.1. The van der Waals surface area contributed by atoms with Gasteiger partial charge in [0.25, 0.3) is 0 Å². The molecule has 0 spiro atoms. The van der Waals surface area contributed by atoms with Gasteiger partial charge in [0.15, 0.2) is 5.78 Å². The molecular formula is C13H15BrN2O. The topological polar surface area (TPSA) is 34.0 Å². The minimum absolute atomic E-state index is 0.133. The predicted octanol–water partition coefficient (Wildman–Crippen LogP) is 2.65. The Morgan fingerprint density at radius 2 is 2.18 bits per heavy atom. The maximum atomic E-state index is 12.1. The zero-order valence-corrected chi connectivity index (χ0v) is 11.8. The summed E-state index contributed by atoms with van der Waals surface area (Å²) in [6.07, 6.45) is 0. The highest BCUT2D eigenvalue weighted by Crippen LogP contribution is 2.28. The fourth-order valence-corrected chi connectivity index (χ4v) is 2.51. The first kappa shape index (κ1) is 12.3. The summed E-state index contributed by atoms with van der Waals surface area (Å²) < 4.78 is 3.05. The molecule has 1 aromatic heterocycles. The summed E-state index contributed by atoms with van der Waals surface area (Å²) in [5.74, 6) is 0.133. The van der Waals surface area contributed by atoms with Crippen LogP contribution >= 0.6 is 15.9 Å². The number of fused-ring (bicyclic) bond motifs is 1. The highest BCUT2D eigenvalue weighted by molar-refractivity contribution is 9.10. The van der Waals surface area contributed by atoms with Crippen molar-refractivity contribution >= 4 is 32.6 Å². The number of ketones is 1. The second kappa shape index (κ2) is 4.63. The third-order valence-corrected chi connectivity index (χ3v) is 3.56. The van der Waals surface area contributed by atoms with Crippen LogP contribution in [0.2, 0.25) is 0 Å². The van der Waals surface area contributed by atoms with Crippen LogP contribution in [-0.4, -0.2) is 23.9 Å². The number of carbonyl (C=O) groups excluding carboxylic acids is 1. The highest BCUT2D eigenvalue weighted by atomic mass is 79.9. The van der Waals surface area contributed by atoms with Crippen molar-refractivity contribution in [2.24, 2.45) is 7.05 Å². The molecule has 0 atom stereocenters. The summed E-state index contributed by atoms with van der Waals surface area (Å²) >= 11 is 3.45. The van der Waals surface area contributed by atoms with Crippen LogP contribution < -0.4 is 5.32 Å². The number of benzene rings is 1. The van der Waals surface area contributed by atoms with Gasteiger partial charge in [-0.2, -0.15) is 0 Å². The van der Waals surface area contributed by atoms with Crippen LogP contribution in [0.5, 0.6) is 0 Å². The summed E-state index contributed by atoms with van der Waals surface area (Å²) in [7, 11) is 3.77. The van der Waals surface area contributed by atoms with Gasteiger partial charge in [-0.3, -0.25) is 4.79 Å². The maximum Gasteiger partial charge on any atom is 0.179 e. The molecule has 0 unspecified atom stereocenters. The van der Waals surface area contributed by atoms with E-state index in [4.69, 9.17) is 0 Å². The van der Waals surface area contributed by atoms with Crippen molar-refractivity contribution < 1.29 is 4.79 Å². The van der Waals surface area contributed by atoms with Crippen molar-refractivity contribution in [3.05, 3.63) is 33.9 Å². The van der Waals surface area contributed by atoms with Gasteiger partial charge in [0.2, 0.25) is 0 Å². The van der Waals surface area contributed by atoms with E-state index in [2.05, 4.69) is 25.8 Å². The van der Waals surface area contributed by atoms with Gasteiger partial charge >= 0.3 is 0 Å². The van der Waals surface area contributed by atoms with E-state index in [1.165, 1.54) is 0 Å². The van der Waals surface area contributed by atoms with Crippen LogP contribution in [0.4, 0.5) is 0 Å². The quantitative estimate of drug-likeness (QED) is 0.883. The lowest BCUT2D eigenvalue weighted by molar-refractivity contribution is 0.0994. The standard InChI is InChI=1S/C13H15BrN2O/c1-8-13(12(17)7-15-2)10-6-9(14)4-5-11(10)16(8)3/h4-6,15H,7H2,1-3H3. The lowest BCUT2D eigenvalue weighted by Gasteiger charge is -2.01. The second-order valence-electron chi connectivity index (χ2n) is 4.13. The Morgan fingerprint density at radius 3 is 2.82 bits per heavy atom. The van der Waals surface area contributed by atoms with E-state index in [9.17, 15) is 4.79 Å². The first-order chi connectivity index (χ1) is 8.06. The second-order valence-corrected chi connectivity index (χ2v) is 5.05. The summed E-state index contributed by atoms with van der Waals surface area (Å²) in [4.78, 5) is 12.1. The van der Waals surface area contributed by atoms with Gasteiger partial charge in [0.05, 0.1) is 6.54 Å². The number of nitrogens with one attached hydrogen (secondary N) is 1. The molecule has 3 nitrogen and oxygen atoms in total. The molecule has 2 aromatic rings. The van der Waals surface area contributed by atoms with Crippen LogP contribution in [0.25, 0.3) is 10.9 Å². The Labute approximate surface area is 109 Å². The van der Waals surface area contributed by atoms with Crippen molar-refractivity contribution in [2.45, 2.75) is 6.92 Å². The molecular weight excluding hydrogens is 280 g/mol. The number of Topliss-reactive ketones (excluding diaryl/α,β-unsaturated/α-hetero) is 1. The van der Waals surface area contributed by atoms with E-state index in [0.29, 0.717) is 6.54 Å². The Kier molecular flexibility index (Phi) is 3.35. The van der Waals surface area contributed by atoms with Crippen molar-refractivity contribution in [2.75, 3.05) is 13.6 Å². The van der Waals surface area contributed by atoms with E-state index in [0.717, 1.165) is 26.6 Å². The number of aromatic nitrogens is 1. The van der Waals surface area contributed by atoms with Gasteiger partial charge in [-0.15, -0.1) is 0 Å². The molecule has 0 aliphatic heterocycles. The van der Waals surface area contributed by atoms with Crippen molar-refractivity contribution in [1.29, 1.82) is 0 Å². The first-order valence-corrected chi connectivity index (χ1v) is 6.28. The normalized spacial score (nSPS) is 11.1. The predicted molar refractivity (Wildman–Crippen MR) is 73.6 cm³/mol. The molecule has 1 aromatic carbocycles. The number of carbonyl (C=O) groups is 1. The highest BCUT2D eigenvalue weighted by Gasteiger charge is 2.17. The van der Waals surface area contributed by atoms with Crippen molar-refractivity contribution in [3.63, 3.8) is 0 Å². The third kappa shape index (κ3) is 2.03. The number of hydrogen-bond acceptors (Lipinski definition) is 2. The molecule has 0 saturated carbocycles. The lowest BCUT2D eigenvalue weighted by atomic mass is 10.1. The number of hydrogen-bond donors (Lipinski definition) is 1. The molecule has 90 valence electrons. The van der Waals surface area contributed by atoms with Crippen LogP contribution in [0, 0.1) is 6.92 Å². The van der Waals surface area contributed by atoms with Gasteiger partial charge < -0.3 is 9.88 Å². The molecule has 0 aliphatic carbocycles. The fourth-order valence-electron chi connectivity index (χ4n) is 2.15. The molecule has 1 N–H and O–H groups in total. The smallest absolute Gasteiger partial charge is 0.179 e. The largest absolute Gasteiger partial charge is 0.347 e. The zero-order chi connectivity index (χ0) is 12.6. The molecule has 17 heavy (non-hydrogen) atoms. The monoisotopic (exact) mass is 294 g/mol. The number of aryl methyl sites for hydroxylation is 1. The average Bonchev–Trinajstić information content (AvgIpc) is 2.51. The Hall–Kier alpha value is -1.13. The van der Waals surface area contributed by atoms with Gasteiger partial charge in [0, 0.05) is 33.7 Å². The van der Waals surface area contributed by atoms with E-state index < -0.39 is 0 Å².